The molecule has 0 aliphatic rings. The standard InChI is InChI=1S/C29H40F2O4/c1-4-6-8-9-10-11-22(3)34-25-18-14-24(15-19-25)29(32)35-26-16-12-23(13-17-26)27(28(30)31)21-33-20-7-5-2/h12-19,22,27-28H,4-11,20-21H2,1-3H3/t22-,27-/m0/s1. The highest BCUT2D eigenvalue weighted by molar-refractivity contribution is 5.91. The summed E-state index contributed by atoms with van der Waals surface area (Å²) in [5.74, 6) is -0.508. The molecule has 0 aliphatic carbocycles. The molecular weight excluding hydrogens is 450 g/mol. The molecule has 0 saturated carbocycles. The molecule has 0 amide bonds. The third kappa shape index (κ3) is 10.8. The topological polar surface area (TPSA) is 44.8 Å². The Balaban J connectivity index is 1.85. The summed E-state index contributed by atoms with van der Waals surface area (Å²) in [4.78, 5) is 12.5. The van der Waals surface area contributed by atoms with Crippen LogP contribution in [-0.4, -0.2) is 31.7 Å². The van der Waals surface area contributed by atoms with E-state index < -0.39 is 18.3 Å². The first-order chi connectivity index (χ1) is 16.9. The molecule has 6 heteroatoms. The number of esters is 1. The number of alkyl halides is 2. The van der Waals surface area contributed by atoms with E-state index in [0.29, 0.717) is 29.2 Å². The van der Waals surface area contributed by atoms with E-state index in [-0.39, 0.29) is 12.7 Å². The largest absolute Gasteiger partial charge is 0.491 e. The molecule has 194 valence electrons. The number of ether oxygens (including phenoxy) is 3. The van der Waals surface area contributed by atoms with Gasteiger partial charge in [0.15, 0.2) is 0 Å². The van der Waals surface area contributed by atoms with E-state index in [4.69, 9.17) is 14.2 Å². The summed E-state index contributed by atoms with van der Waals surface area (Å²) in [5, 5.41) is 0. The van der Waals surface area contributed by atoms with Crippen molar-refractivity contribution < 1.29 is 27.8 Å². The highest BCUT2D eigenvalue weighted by Gasteiger charge is 2.23. The van der Waals surface area contributed by atoms with E-state index in [1.165, 1.54) is 37.8 Å². The highest BCUT2D eigenvalue weighted by Crippen LogP contribution is 2.26. The molecule has 0 aliphatic heterocycles. The fraction of sp³-hybridized carbons (Fsp3) is 0.552. The maximum Gasteiger partial charge on any atom is 0.343 e. The summed E-state index contributed by atoms with van der Waals surface area (Å²) >= 11 is 0. The predicted octanol–water partition coefficient (Wildman–Crippen LogP) is 8.20. The molecule has 0 unspecified atom stereocenters. The van der Waals surface area contributed by atoms with Crippen LogP contribution >= 0.6 is 0 Å². The number of halogens is 2. The molecule has 0 aromatic heterocycles. The van der Waals surface area contributed by atoms with E-state index in [9.17, 15) is 13.6 Å². The van der Waals surface area contributed by atoms with Crippen molar-refractivity contribution in [2.75, 3.05) is 13.2 Å². The Labute approximate surface area is 209 Å². The van der Waals surface area contributed by atoms with Crippen LogP contribution < -0.4 is 9.47 Å². The number of benzene rings is 2. The van der Waals surface area contributed by atoms with Gasteiger partial charge in [-0.2, -0.15) is 0 Å². The first-order valence-corrected chi connectivity index (χ1v) is 12.9. The zero-order valence-corrected chi connectivity index (χ0v) is 21.3. The van der Waals surface area contributed by atoms with Gasteiger partial charge in [0.25, 0.3) is 0 Å². The molecule has 2 aromatic rings. The van der Waals surface area contributed by atoms with Crippen LogP contribution in [0.1, 0.15) is 94.0 Å². The lowest BCUT2D eigenvalue weighted by atomic mass is 10.0. The van der Waals surface area contributed by atoms with Crippen LogP contribution in [0.2, 0.25) is 0 Å². The molecule has 0 fully saturated rings. The molecule has 0 heterocycles. The monoisotopic (exact) mass is 490 g/mol. The smallest absolute Gasteiger partial charge is 0.343 e. The van der Waals surface area contributed by atoms with Crippen molar-refractivity contribution in [3.05, 3.63) is 59.7 Å². The lowest BCUT2D eigenvalue weighted by molar-refractivity contribution is 0.0425. The Morgan fingerprint density at radius 1 is 0.829 bits per heavy atom. The van der Waals surface area contributed by atoms with E-state index in [2.05, 4.69) is 13.8 Å². The van der Waals surface area contributed by atoms with Gasteiger partial charge in [-0.3, -0.25) is 0 Å². The van der Waals surface area contributed by atoms with E-state index >= 15 is 0 Å². The van der Waals surface area contributed by atoms with Crippen molar-refractivity contribution in [1.82, 2.24) is 0 Å². The van der Waals surface area contributed by atoms with Crippen LogP contribution in [0.15, 0.2) is 48.5 Å². The van der Waals surface area contributed by atoms with Gasteiger partial charge in [-0.1, -0.05) is 58.1 Å². The van der Waals surface area contributed by atoms with Crippen molar-refractivity contribution in [2.24, 2.45) is 0 Å². The number of unbranched alkanes of at least 4 members (excludes halogenated alkanes) is 5. The summed E-state index contributed by atoms with van der Waals surface area (Å²) < 4.78 is 43.7. The Hall–Kier alpha value is -2.47. The van der Waals surface area contributed by atoms with Gasteiger partial charge >= 0.3 is 5.97 Å². The molecule has 0 saturated heterocycles. The Bertz CT molecular complexity index is 837. The second-order valence-corrected chi connectivity index (χ2v) is 8.98. The molecule has 35 heavy (non-hydrogen) atoms. The zero-order chi connectivity index (χ0) is 25.5. The van der Waals surface area contributed by atoms with Gasteiger partial charge in [0.2, 0.25) is 6.43 Å². The molecule has 4 nitrogen and oxygen atoms in total. The summed E-state index contributed by atoms with van der Waals surface area (Å²) in [6.07, 6.45) is 6.53. The lowest BCUT2D eigenvalue weighted by Gasteiger charge is -2.17. The SMILES string of the molecule is CCCCCCC[C@H](C)Oc1ccc(C(=O)Oc2ccc([C@H](COCCCC)C(F)F)cc2)cc1. The van der Waals surface area contributed by atoms with Crippen LogP contribution in [0.25, 0.3) is 0 Å². The highest BCUT2D eigenvalue weighted by atomic mass is 19.3. The second kappa shape index (κ2) is 16.2. The van der Waals surface area contributed by atoms with Gasteiger partial charge in [0.05, 0.1) is 24.2 Å². The van der Waals surface area contributed by atoms with Crippen LogP contribution in [0.5, 0.6) is 11.5 Å². The maximum absolute atomic E-state index is 13.5. The molecule has 0 N–H and O–H groups in total. The third-order valence-electron chi connectivity index (χ3n) is 5.90. The minimum atomic E-state index is -2.53. The minimum Gasteiger partial charge on any atom is -0.491 e. The molecule has 0 radical (unpaired) electrons. The van der Waals surface area contributed by atoms with Crippen molar-refractivity contribution in [1.29, 1.82) is 0 Å². The van der Waals surface area contributed by atoms with E-state index in [1.54, 1.807) is 36.4 Å². The number of carbonyl (C=O) groups excluding carboxylic acids is 1. The van der Waals surface area contributed by atoms with Crippen molar-refractivity contribution >= 4 is 5.97 Å². The van der Waals surface area contributed by atoms with Gasteiger partial charge in [-0.05, 0) is 68.1 Å². The van der Waals surface area contributed by atoms with Crippen LogP contribution in [-0.2, 0) is 4.74 Å². The van der Waals surface area contributed by atoms with Gasteiger partial charge < -0.3 is 14.2 Å². The molecule has 0 bridgehead atoms. The quantitative estimate of drug-likeness (QED) is 0.127. The van der Waals surface area contributed by atoms with Crippen molar-refractivity contribution in [2.45, 2.75) is 90.6 Å². The Morgan fingerprint density at radius 2 is 1.46 bits per heavy atom. The molecule has 2 atom stereocenters. The lowest BCUT2D eigenvalue weighted by Crippen LogP contribution is -2.16. The summed E-state index contributed by atoms with van der Waals surface area (Å²) in [6.45, 7) is 6.72. The number of hydrogen-bond donors (Lipinski definition) is 0. The maximum atomic E-state index is 13.5. The normalized spacial score (nSPS) is 13.0. The van der Waals surface area contributed by atoms with Gasteiger partial charge in [-0.25, -0.2) is 13.6 Å². The van der Waals surface area contributed by atoms with Crippen molar-refractivity contribution in [3.8, 4) is 11.5 Å². The summed E-state index contributed by atoms with van der Waals surface area (Å²) in [7, 11) is 0. The molecule has 0 spiro atoms. The van der Waals surface area contributed by atoms with Crippen LogP contribution in [0.3, 0.4) is 0 Å². The van der Waals surface area contributed by atoms with Crippen LogP contribution in [0, 0.1) is 0 Å². The first-order valence-electron chi connectivity index (χ1n) is 12.9. The van der Waals surface area contributed by atoms with Gasteiger partial charge in [0, 0.05) is 6.61 Å². The van der Waals surface area contributed by atoms with Gasteiger partial charge in [-0.15, -0.1) is 0 Å². The number of hydrogen-bond acceptors (Lipinski definition) is 4. The average molecular weight is 491 g/mol. The van der Waals surface area contributed by atoms with E-state index in [0.717, 1.165) is 25.7 Å². The molecule has 2 rings (SSSR count). The Kier molecular flexibility index (Phi) is 13.4. The zero-order valence-electron chi connectivity index (χ0n) is 21.3. The first kappa shape index (κ1) is 28.8. The molecule has 2 aromatic carbocycles. The van der Waals surface area contributed by atoms with Crippen LogP contribution in [0.4, 0.5) is 8.78 Å². The Morgan fingerprint density at radius 3 is 2.09 bits per heavy atom. The average Bonchev–Trinajstić information content (AvgIpc) is 2.85. The van der Waals surface area contributed by atoms with Crippen molar-refractivity contribution in [3.63, 3.8) is 0 Å². The second-order valence-electron chi connectivity index (χ2n) is 8.98. The summed E-state index contributed by atoms with van der Waals surface area (Å²) in [5.41, 5.74) is 0.848. The summed E-state index contributed by atoms with van der Waals surface area (Å²) in [6, 6.07) is 13.0. The fourth-order valence-electron chi connectivity index (χ4n) is 3.72. The fourth-order valence-corrected chi connectivity index (χ4v) is 3.72. The van der Waals surface area contributed by atoms with E-state index in [1.807, 2.05) is 6.92 Å². The number of carbonyl (C=O) groups is 1. The molecular formula is C29H40F2O4. The third-order valence-corrected chi connectivity index (χ3v) is 5.90. The predicted molar refractivity (Wildman–Crippen MR) is 136 cm³/mol. The van der Waals surface area contributed by atoms with Gasteiger partial charge in [0.1, 0.15) is 11.5 Å². The minimum absolute atomic E-state index is 0.0390. The number of rotatable bonds is 17.